The van der Waals surface area contributed by atoms with Gasteiger partial charge in [0.25, 0.3) is 0 Å². The molecule has 1 heterocycles. The van der Waals surface area contributed by atoms with E-state index in [1.807, 2.05) is 0 Å². The Balaban J connectivity index is 1.73. The number of aromatic hydroxyl groups is 1. The maximum Gasteiger partial charge on any atom is 0.193 e. The molecule has 0 aliphatic rings. The molecule has 4 nitrogen and oxygen atoms in total. The van der Waals surface area contributed by atoms with Gasteiger partial charge in [0.15, 0.2) is 23.0 Å². The fraction of sp³-hybridized carbons (Fsp3) is 0. The Morgan fingerprint density at radius 2 is 1.96 bits per heavy atom. The predicted molar refractivity (Wildman–Crippen MR) is 90.4 cm³/mol. The number of carbonyl (C=O) groups is 1. The first-order chi connectivity index (χ1) is 11.6. The van der Waals surface area contributed by atoms with Crippen LogP contribution in [-0.4, -0.2) is 16.4 Å². The van der Waals surface area contributed by atoms with E-state index in [1.165, 1.54) is 29.5 Å². The van der Waals surface area contributed by atoms with Gasteiger partial charge in [0, 0.05) is 11.1 Å². The molecule has 0 aliphatic heterocycles. The van der Waals surface area contributed by atoms with E-state index in [-0.39, 0.29) is 11.4 Å². The van der Waals surface area contributed by atoms with Gasteiger partial charge < -0.3 is 9.83 Å². The van der Waals surface area contributed by atoms with Crippen LogP contribution in [0, 0.1) is 11.6 Å². The summed E-state index contributed by atoms with van der Waals surface area (Å²) in [5.74, 6) is -1.84. The standard InChI is InChI=1S/C16H10F2N2O2S2/c17-11-3-1-9(2-4-11)14-7-19-16(23-14)20-24-12-5-10(8-21)15(22)13(18)6-12/h1-8,22H,(H,19,20). The number of carbonyl (C=O) groups excluding carboxylic acids is 1. The maximum absolute atomic E-state index is 13.5. The monoisotopic (exact) mass is 364 g/mol. The largest absolute Gasteiger partial charge is 0.504 e. The highest BCUT2D eigenvalue weighted by Gasteiger charge is 2.11. The van der Waals surface area contributed by atoms with Crippen molar-refractivity contribution in [3.63, 3.8) is 0 Å². The highest BCUT2D eigenvalue weighted by molar-refractivity contribution is 8.00. The van der Waals surface area contributed by atoms with Crippen LogP contribution < -0.4 is 4.72 Å². The van der Waals surface area contributed by atoms with Crippen molar-refractivity contribution in [2.75, 3.05) is 4.72 Å². The summed E-state index contributed by atoms with van der Waals surface area (Å²) >= 11 is 2.42. The van der Waals surface area contributed by atoms with Crippen LogP contribution in [0.3, 0.4) is 0 Å². The summed E-state index contributed by atoms with van der Waals surface area (Å²) in [6.07, 6.45) is 2.04. The summed E-state index contributed by atoms with van der Waals surface area (Å²) in [6, 6.07) is 8.55. The van der Waals surface area contributed by atoms with Crippen LogP contribution in [0.2, 0.25) is 0 Å². The van der Waals surface area contributed by atoms with Crippen molar-refractivity contribution in [3.8, 4) is 16.2 Å². The highest BCUT2D eigenvalue weighted by Crippen LogP contribution is 2.33. The first-order valence-corrected chi connectivity index (χ1v) is 8.32. The van der Waals surface area contributed by atoms with Crippen molar-refractivity contribution >= 4 is 34.7 Å². The Labute approximate surface area is 144 Å². The first kappa shape index (κ1) is 16.4. The predicted octanol–water partition coefficient (Wildman–Crippen LogP) is 4.73. The first-order valence-electron chi connectivity index (χ1n) is 6.69. The van der Waals surface area contributed by atoms with Gasteiger partial charge in [0.1, 0.15) is 5.82 Å². The molecule has 0 fully saturated rings. The van der Waals surface area contributed by atoms with E-state index in [4.69, 9.17) is 0 Å². The Hall–Kier alpha value is -2.45. The third kappa shape index (κ3) is 3.55. The van der Waals surface area contributed by atoms with Gasteiger partial charge in [-0.25, -0.2) is 13.8 Å². The van der Waals surface area contributed by atoms with Gasteiger partial charge in [-0.2, -0.15) is 0 Å². The molecule has 0 aliphatic carbocycles. The molecule has 3 rings (SSSR count). The molecule has 2 aromatic carbocycles. The number of aromatic nitrogens is 1. The van der Waals surface area contributed by atoms with Crippen LogP contribution >= 0.6 is 23.3 Å². The zero-order chi connectivity index (χ0) is 17.1. The number of phenols is 1. The highest BCUT2D eigenvalue weighted by atomic mass is 32.2. The van der Waals surface area contributed by atoms with Gasteiger partial charge >= 0.3 is 0 Å². The molecule has 0 spiro atoms. The second-order valence-electron chi connectivity index (χ2n) is 4.70. The number of phenolic OH excluding ortho intramolecular Hbond substituents is 1. The van der Waals surface area contributed by atoms with Crippen LogP contribution in [0.4, 0.5) is 13.9 Å². The molecule has 0 bridgehead atoms. The quantitative estimate of drug-likeness (QED) is 0.506. The van der Waals surface area contributed by atoms with Crippen molar-refractivity contribution in [1.29, 1.82) is 0 Å². The maximum atomic E-state index is 13.5. The number of halogens is 2. The molecule has 0 saturated heterocycles. The van der Waals surface area contributed by atoms with Crippen molar-refractivity contribution in [2.45, 2.75) is 4.90 Å². The fourth-order valence-corrected chi connectivity index (χ4v) is 3.49. The molecule has 24 heavy (non-hydrogen) atoms. The van der Waals surface area contributed by atoms with Gasteiger partial charge in [0.2, 0.25) is 0 Å². The number of anilines is 1. The normalized spacial score (nSPS) is 10.6. The number of nitrogens with one attached hydrogen (secondary N) is 1. The van der Waals surface area contributed by atoms with Crippen LogP contribution in [0.1, 0.15) is 10.4 Å². The summed E-state index contributed by atoms with van der Waals surface area (Å²) in [7, 11) is 0. The number of hydrogen-bond acceptors (Lipinski definition) is 6. The second-order valence-corrected chi connectivity index (χ2v) is 6.61. The van der Waals surface area contributed by atoms with E-state index in [0.29, 0.717) is 16.3 Å². The third-order valence-corrected chi connectivity index (χ3v) is 4.94. The number of aldehydes is 1. The number of benzene rings is 2. The number of thiazole rings is 1. The Bertz CT molecular complexity index is 882. The smallest absolute Gasteiger partial charge is 0.193 e. The summed E-state index contributed by atoms with van der Waals surface area (Å²) in [4.78, 5) is 16.3. The average Bonchev–Trinajstić information content (AvgIpc) is 3.05. The van der Waals surface area contributed by atoms with Crippen molar-refractivity contribution < 1.29 is 18.7 Å². The summed E-state index contributed by atoms with van der Waals surface area (Å²) in [5, 5.41) is 9.95. The number of rotatable bonds is 5. The Morgan fingerprint density at radius 1 is 1.21 bits per heavy atom. The van der Waals surface area contributed by atoms with Crippen molar-refractivity contribution in [1.82, 2.24) is 4.98 Å². The van der Waals surface area contributed by atoms with Gasteiger partial charge in [-0.1, -0.05) is 23.5 Å². The minimum Gasteiger partial charge on any atom is -0.504 e. The molecule has 122 valence electrons. The zero-order valence-electron chi connectivity index (χ0n) is 12.0. The van der Waals surface area contributed by atoms with Crippen LogP contribution in [-0.2, 0) is 0 Å². The third-order valence-electron chi connectivity index (χ3n) is 3.08. The van der Waals surface area contributed by atoms with Crippen LogP contribution in [0.5, 0.6) is 5.75 Å². The molecular weight excluding hydrogens is 354 g/mol. The minimum absolute atomic E-state index is 0.120. The molecule has 3 aromatic rings. The van der Waals surface area contributed by atoms with E-state index >= 15 is 0 Å². The summed E-state index contributed by atoms with van der Waals surface area (Å²) in [5.41, 5.74) is 0.719. The lowest BCUT2D eigenvalue weighted by Gasteiger charge is -2.05. The summed E-state index contributed by atoms with van der Waals surface area (Å²) < 4.78 is 29.4. The van der Waals surface area contributed by atoms with E-state index < -0.39 is 11.6 Å². The molecule has 0 atom stereocenters. The Kier molecular flexibility index (Phi) is 4.77. The molecule has 8 heteroatoms. The molecule has 2 N–H and O–H groups in total. The summed E-state index contributed by atoms with van der Waals surface area (Å²) in [6.45, 7) is 0. The average molecular weight is 364 g/mol. The Morgan fingerprint density at radius 3 is 2.67 bits per heavy atom. The van der Waals surface area contributed by atoms with Gasteiger partial charge in [-0.3, -0.25) is 4.79 Å². The second kappa shape index (κ2) is 6.98. The molecule has 0 unspecified atom stereocenters. The topological polar surface area (TPSA) is 62.2 Å². The van der Waals surface area contributed by atoms with Gasteiger partial charge in [0.05, 0.1) is 10.4 Å². The lowest BCUT2D eigenvalue weighted by Crippen LogP contribution is -1.90. The lowest BCUT2D eigenvalue weighted by molar-refractivity contribution is 0.112. The fourth-order valence-electron chi connectivity index (χ4n) is 1.91. The van der Waals surface area contributed by atoms with E-state index in [0.717, 1.165) is 28.5 Å². The molecule has 0 radical (unpaired) electrons. The van der Waals surface area contributed by atoms with Crippen molar-refractivity contribution in [3.05, 3.63) is 59.8 Å². The van der Waals surface area contributed by atoms with E-state index in [2.05, 4.69) is 9.71 Å². The molecule has 1 aromatic heterocycles. The number of hydrogen-bond donors (Lipinski definition) is 2. The molecule has 0 saturated carbocycles. The van der Waals surface area contributed by atoms with Crippen LogP contribution in [0.25, 0.3) is 10.4 Å². The lowest BCUT2D eigenvalue weighted by atomic mass is 10.2. The molecule has 0 amide bonds. The van der Waals surface area contributed by atoms with E-state index in [1.54, 1.807) is 18.3 Å². The molecular formula is C16H10F2N2O2S2. The van der Waals surface area contributed by atoms with Gasteiger partial charge in [-0.15, -0.1) is 0 Å². The van der Waals surface area contributed by atoms with Gasteiger partial charge in [-0.05, 0) is 41.8 Å². The number of nitrogens with zero attached hydrogens (tertiary/aromatic N) is 1. The zero-order valence-corrected chi connectivity index (χ0v) is 13.6. The van der Waals surface area contributed by atoms with Crippen LogP contribution in [0.15, 0.2) is 47.5 Å². The van der Waals surface area contributed by atoms with E-state index in [9.17, 15) is 18.7 Å². The SMILES string of the molecule is O=Cc1cc(SNc2ncc(-c3ccc(F)cc3)s2)cc(F)c1O. The minimum atomic E-state index is -0.866. The van der Waals surface area contributed by atoms with Crippen molar-refractivity contribution in [2.24, 2.45) is 0 Å².